The molecule has 4 nitrogen and oxygen atoms in total. The van der Waals surface area contributed by atoms with E-state index in [-0.39, 0.29) is 24.1 Å². The molecule has 2 N–H and O–H groups in total. The maximum atomic E-state index is 11.1. The summed E-state index contributed by atoms with van der Waals surface area (Å²) in [5.74, 6) is 0.549. The van der Waals surface area contributed by atoms with E-state index in [0.29, 0.717) is 0 Å². The summed E-state index contributed by atoms with van der Waals surface area (Å²) in [6.07, 6.45) is 2.11. The van der Waals surface area contributed by atoms with Gasteiger partial charge in [0, 0.05) is 0 Å². The van der Waals surface area contributed by atoms with Gasteiger partial charge in [-0.05, 0) is 38.9 Å². The second-order valence-corrected chi connectivity index (χ2v) is 5.17. The third-order valence-electron chi connectivity index (χ3n) is 2.17. The standard InChI is InChI=1S/C7H16N2O2S.ClH/c1-8-12(10,11)6-7-3-2-4-9-5-7;/h7-9H,2-6H2,1H3;1H. The van der Waals surface area contributed by atoms with E-state index in [1.165, 1.54) is 7.05 Å². The minimum atomic E-state index is -3.01. The first-order valence-electron chi connectivity index (χ1n) is 4.26. The highest BCUT2D eigenvalue weighted by atomic mass is 35.5. The summed E-state index contributed by atoms with van der Waals surface area (Å²) in [6.45, 7) is 1.86. The van der Waals surface area contributed by atoms with Crippen molar-refractivity contribution in [3.05, 3.63) is 0 Å². The van der Waals surface area contributed by atoms with Crippen LogP contribution in [-0.2, 0) is 10.0 Å². The van der Waals surface area contributed by atoms with Crippen LogP contribution in [0.2, 0.25) is 0 Å². The molecule has 1 fully saturated rings. The van der Waals surface area contributed by atoms with Gasteiger partial charge >= 0.3 is 0 Å². The van der Waals surface area contributed by atoms with Crippen LogP contribution in [0.1, 0.15) is 12.8 Å². The lowest BCUT2D eigenvalue weighted by molar-refractivity contribution is 0.403. The Labute approximate surface area is 85.9 Å². The van der Waals surface area contributed by atoms with Crippen LogP contribution in [0.25, 0.3) is 0 Å². The topological polar surface area (TPSA) is 58.2 Å². The van der Waals surface area contributed by atoms with Gasteiger partial charge in [-0.25, -0.2) is 13.1 Å². The maximum Gasteiger partial charge on any atom is 0.211 e. The van der Waals surface area contributed by atoms with Crippen LogP contribution < -0.4 is 10.0 Å². The van der Waals surface area contributed by atoms with Crippen molar-refractivity contribution in [3.63, 3.8) is 0 Å². The second-order valence-electron chi connectivity index (χ2n) is 3.20. The van der Waals surface area contributed by atoms with Gasteiger partial charge < -0.3 is 5.32 Å². The van der Waals surface area contributed by atoms with Crippen LogP contribution in [0.5, 0.6) is 0 Å². The molecule has 0 bridgehead atoms. The molecule has 0 aromatic rings. The molecule has 80 valence electrons. The Morgan fingerprint density at radius 1 is 1.54 bits per heavy atom. The van der Waals surface area contributed by atoms with Gasteiger partial charge in [0.2, 0.25) is 10.0 Å². The minimum Gasteiger partial charge on any atom is -0.316 e. The summed E-state index contributed by atoms with van der Waals surface area (Å²) in [7, 11) is -1.55. The predicted octanol–water partition coefficient (Wildman–Crippen LogP) is -0.0430. The Kier molecular flexibility index (Phi) is 5.87. The molecule has 0 aromatic carbocycles. The van der Waals surface area contributed by atoms with Gasteiger partial charge in [-0.1, -0.05) is 0 Å². The van der Waals surface area contributed by atoms with Crippen molar-refractivity contribution >= 4 is 22.4 Å². The highest BCUT2D eigenvalue weighted by Crippen LogP contribution is 2.11. The Morgan fingerprint density at radius 2 is 2.23 bits per heavy atom. The number of hydrogen-bond acceptors (Lipinski definition) is 3. The Morgan fingerprint density at radius 3 is 2.69 bits per heavy atom. The first-order valence-corrected chi connectivity index (χ1v) is 5.91. The molecule has 13 heavy (non-hydrogen) atoms. The molecule has 1 heterocycles. The van der Waals surface area contributed by atoms with Crippen LogP contribution in [0.15, 0.2) is 0 Å². The third-order valence-corrected chi connectivity index (χ3v) is 3.70. The largest absolute Gasteiger partial charge is 0.316 e. The highest BCUT2D eigenvalue weighted by Gasteiger charge is 2.19. The lowest BCUT2D eigenvalue weighted by atomic mass is 10.0. The zero-order chi connectivity index (χ0) is 9.03. The van der Waals surface area contributed by atoms with E-state index in [1.807, 2.05) is 0 Å². The number of nitrogens with one attached hydrogen (secondary N) is 2. The molecule has 0 aromatic heterocycles. The molecule has 1 unspecified atom stereocenters. The van der Waals surface area contributed by atoms with E-state index in [2.05, 4.69) is 10.0 Å². The molecule has 1 atom stereocenters. The fraction of sp³-hybridized carbons (Fsp3) is 1.00. The van der Waals surface area contributed by atoms with Crippen molar-refractivity contribution in [3.8, 4) is 0 Å². The predicted molar refractivity (Wildman–Crippen MR) is 55.7 cm³/mol. The molecule has 1 saturated heterocycles. The monoisotopic (exact) mass is 228 g/mol. The van der Waals surface area contributed by atoms with Crippen molar-refractivity contribution in [2.45, 2.75) is 12.8 Å². The number of piperidine rings is 1. The summed E-state index contributed by atoms with van der Waals surface area (Å²) >= 11 is 0. The van der Waals surface area contributed by atoms with E-state index in [9.17, 15) is 8.42 Å². The lowest BCUT2D eigenvalue weighted by Gasteiger charge is -2.21. The molecular weight excluding hydrogens is 212 g/mol. The molecule has 0 amide bonds. The molecular formula is C7H17ClN2O2S. The van der Waals surface area contributed by atoms with Crippen molar-refractivity contribution in [2.75, 3.05) is 25.9 Å². The molecule has 0 saturated carbocycles. The van der Waals surface area contributed by atoms with Crippen LogP contribution in [0.3, 0.4) is 0 Å². The third kappa shape index (κ3) is 4.81. The highest BCUT2D eigenvalue weighted by molar-refractivity contribution is 7.89. The van der Waals surface area contributed by atoms with Gasteiger partial charge in [0.15, 0.2) is 0 Å². The smallest absolute Gasteiger partial charge is 0.211 e. The van der Waals surface area contributed by atoms with E-state index < -0.39 is 10.0 Å². The van der Waals surface area contributed by atoms with Gasteiger partial charge in [0.05, 0.1) is 5.75 Å². The van der Waals surface area contributed by atoms with Crippen LogP contribution in [0, 0.1) is 5.92 Å². The van der Waals surface area contributed by atoms with E-state index in [1.54, 1.807) is 0 Å². The van der Waals surface area contributed by atoms with Gasteiger partial charge in [-0.2, -0.15) is 0 Å². The Bertz CT molecular complexity index is 225. The van der Waals surface area contributed by atoms with E-state index in [4.69, 9.17) is 0 Å². The first-order chi connectivity index (χ1) is 5.64. The number of hydrogen-bond donors (Lipinski definition) is 2. The fourth-order valence-electron chi connectivity index (χ4n) is 1.46. The average molecular weight is 229 g/mol. The van der Waals surface area contributed by atoms with Crippen LogP contribution >= 0.6 is 12.4 Å². The van der Waals surface area contributed by atoms with E-state index >= 15 is 0 Å². The zero-order valence-corrected chi connectivity index (χ0v) is 9.38. The van der Waals surface area contributed by atoms with Crippen molar-refractivity contribution in [1.82, 2.24) is 10.0 Å². The normalized spacial score (nSPS) is 23.6. The fourth-order valence-corrected chi connectivity index (χ4v) is 2.53. The van der Waals surface area contributed by atoms with Gasteiger partial charge in [-0.3, -0.25) is 0 Å². The lowest BCUT2D eigenvalue weighted by Crippen LogP contribution is -2.36. The van der Waals surface area contributed by atoms with Crippen molar-refractivity contribution < 1.29 is 8.42 Å². The molecule has 0 radical (unpaired) electrons. The summed E-state index contributed by atoms with van der Waals surface area (Å²) in [5.41, 5.74) is 0. The summed E-state index contributed by atoms with van der Waals surface area (Å²) in [6, 6.07) is 0. The van der Waals surface area contributed by atoms with Gasteiger partial charge in [0.25, 0.3) is 0 Å². The van der Waals surface area contributed by atoms with E-state index in [0.717, 1.165) is 25.9 Å². The minimum absolute atomic E-state index is 0. The number of sulfonamides is 1. The number of halogens is 1. The van der Waals surface area contributed by atoms with Crippen molar-refractivity contribution in [1.29, 1.82) is 0 Å². The SMILES string of the molecule is CNS(=O)(=O)CC1CCCNC1.Cl. The Hall–Kier alpha value is 0.160. The second kappa shape index (κ2) is 5.80. The summed E-state index contributed by atoms with van der Waals surface area (Å²) in [5, 5.41) is 3.19. The maximum absolute atomic E-state index is 11.1. The molecule has 1 aliphatic rings. The van der Waals surface area contributed by atoms with Crippen LogP contribution in [0.4, 0.5) is 0 Å². The molecule has 1 aliphatic heterocycles. The summed E-state index contributed by atoms with van der Waals surface area (Å²) in [4.78, 5) is 0. The molecule has 0 aliphatic carbocycles. The molecule has 6 heteroatoms. The average Bonchev–Trinajstić information content (AvgIpc) is 2.06. The summed E-state index contributed by atoms with van der Waals surface area (Å²) < 4.78 is 24.6. The molecule has 0 spiro atoms. The van der Waals surface area contributed by atoms with Gasteiger partial charge in [0.1, 0.15) is 0 Å². The number of rotatable bonds is 3. The van der Waals surface area contributed by atoms with Gasteiger partial charge in [-0.15, -0.1) is 12.4 Å². The zero-order valence-electron chi connectivity index (χ0n) is 7.75. The quantitative estimate of drug-likeness (QED) is 0.713. The van der Waals surface area contributed by atoms with Crippen molar-refractivity contribution in [2.24, 2.45) is 5.92 Å². The van der Waals surface area contributed by atoms with Crippen LogP contribution in [-0.4, -0.2) is 34.3 Å². The Balaban J connectivity index is 0.00000144. The first kappa shape index (κ1) is 13.2. The molecule has 1 rings (SSSR count).